The number of nitrogens with one attached hydrogen (secondary N) is 2. The molecule has 0 radical (unpaired) electrons. The fourth-order valence-electron chi connectivity index (χ4n) is 2.44. The highest BCUT2D eigenvalue weighted by atomic mass is 32.2. The van der Waals surface area contributed by atoms with Crippen molar-refractivity contribution in [3.05, 3.63) is 83.9 Å². The Morgan fingerprint density at radius 3 is 1.59 bits per heavy atom. The first kappa shape index (κ1) is 20.7. The van der Waals surface area contributed by atoms with Crippen molar-refractivity contribution in [2.24, 2.45) is 0 Å². The average Bonchev–Trinajstić information content (AvgIpc) is 2.65. The van der Waals surface area contributed by atoms with Crippen molar-refractivity contribution in [3.8, 4) is 0 Å². The number of benzene rings is 3. The molecular weight excluding hydrogens is 422 g/mol. The lowest BCUT2D eigenvalue weighted by atomic mass is 10.2. The van der Waals surface area contributed by atoms with Crippen LogP contribution in [0.1, 0.15) is 5.56 Å². The summed E-state index contributed by atoms with van der Waals surface area (Å²) in [6.45, 7) is 1.64. The molecule has 6 nitrogen and oxygen atoms in total. The summed E-state index contributed by atoms with van der Waals surface area (Å²) in [6, 6.07) is 12.9. The third-order valence-corrected chi connectivity index (χ3v) is 6.76. The zero-order chi connectivity index (χ0) is 21.2. The highest BCUT2D eigenvalue weighted by Crippen LogP contribution is 2.25. The van der Waals surface area contributed by atoms with Crippen LogP contribution in [0.25, 0.3) is 0 Å². The van der Waals surface area contributed by atoms with Crippen LogP contribution in [-0.4, -0.2) is 16.8 Å². The number of anilines is 2. The first-order valence-electron chi connectivity index (χ1n) is 8.24. The van der Waals surface area contributed by atoms with Crippen LogP contribution in [0.2, 0.25) is 0 Å². The molecule has 0 aliphatic rings. The summed E-state index contributed by atoms with van der Waals surface area (Å²) in [5.74, 6) is -1.14. The van der Waals surface area contributed by atoms with Crippen LogP contribution in [0.3, 0.4) is 0 Å². The zero-order valence-corrected chi connectivity index (χ0v) is 16.7. The Bertz CT molecular complexity index is 1240. The Balaban J connectivity index is 1.88. The van der Waals surface area contributed by atoms with Crippen LogP contribution in [0.4, 0.5) is 20.2 Å². The molecule has 3 rings (SSSR count). The van der Waals surface area contributed by atoms with E-state index in [1.165, 1.54) is 18.2 Å². The van der Waals surface area contributed by atoms with Gasteiger partial charge < -0.3 is 0 Å². The molecule has 0 heterocycles. The number of sulfonamides is 2. The van der Waals surface area contributed by atoms with E-state index in [1.807, 2.05) is 0 Å². The summed E-state index contributed by atoms with van der Waals surface area (Å²) in [7, 11) is -8.00. The fraction of sp³-hybridized carbons (Fsp3) is 0.0526. The molecule has 10 heteroatoms. The summed E-state index contributed by atoms with van der Waals surface area (Å²) < 4.78 is 80.6. The first-order valence-corrected chi connectivity index (χ1v) is 11.2. The van der Waals surface area contributed by atoms with Gasteiger partial charge in [-0.3, -0.25) is 9.44 Å². The molecule has 0 bridgehead atoms. The number of halogens is 2. The van der Waals surface area contributed by atoms with E-state index in [2.05, 4.69) is 9.44 Å². The molecule has 0 aliphatic carbocycles. The van der Waals surface area contributed by atoms with Gasteiger partial charge in [-0.05, 0) is 73.2 Å². The van der Waals surface area contributed by atoms with Crippen LogP contribution >= 0.6 is 0 Å². The third kappa shape index (κ3) is 4.90. The van der Waals surface area contributed by atoms with Gasteiger partial charge in [-0.25, -0.2) is 25.6 Å². The molecule has 0 atom stereocenters. The molecule has 0 spiro atoms. The van der Waals surface area contributed by atoms with Gasteiger partial charge >= 0.3 is 0 Å². The molecule has 0 amide bonds. The standard InChI is InChI=1S/C19H16F2N2O4S2/c1-13-2-7-16(22-28(24,25)17-8-3-14(20)4-9-17)12-19(13)23-29(26,27)18-10-5-15(21)6-11-18/h2-12,22-23H,1H3. The van der Waals surface area contributed by atoms with E-state index in [9.17, 15) is 25.6 Å². The molecule has 29 heavy (non-hydrogen) atoms. The minimum absolute atomic E-state index is 0.108. The second-order valence-electron chi connectivity index (χ2n) is 6.15. The largest absolute Gasteiger partial charge is 0.280 e. The predicted octanol–water partition coefficient (Wildman–Crippen LogP) is 3.87. The van der Waals surface area contributed by atoms with Crippen LogP contribution in [0, 0.1) is 18.6 Å². The average molecular weight is 438 g/mol. The highest BCUT2D eigenvalue weighted by Gasteiger charge is 2.18. The van der Waals surface area contributed by atoms with Crippen LogP contribution in [0.5, 0.6) is 0 Å². The molecule has 0 aromatic heterocycles. The molecule has 0 aliphatic heterocycles. The van der Waals surface area contributed by atoms with Gasteiger partial charge in [-0.1, -0.05) is 6.07 Å². The summed E-state index contributed by atoms with van der Waals surface area (Å²) >= 11 is 0. The first-order chi connectivity index (χ1) is 13.6. The van der Waals surface area contributed by atoms with Crippen molar-refractivity contribution in [1.29, 1.82) is 0 Å². The Morgan fingerprint density at radius 2 is 1.10 bits per heavy atom. The van der Waals surface area contributed by atoms with Crippen molar-refractivity contribution < 1.29 is 25.6 Å². The summed E-state index contributed by atoms with van der Waals surface area (Å²) in [5.41, 5.74) is 0.797. The van der Waals surface area contributed by atoms with E-state index in [0.29, 0.717) is 5.56 Å². The van der Waals surface area contributed by atoms with Gasteiger partial charge in [0.15, 0.2) is 0 Å². The van der Waals surface area contributed by atoms with E-state index in [-0.39, 0.29) is 21.2 Å². The normalized spacial score (nSPS) is 11.8. The Labute approximate surface area is 167 Å². The van der Waals surface area contributed by atoms with Crippen LogP contribution in [0.15, 0.2) is 76.5 Å². The molecule has 152 valence electrons. The van der Waals surface area contributed by atoms with Crippen LogP contribution < -0.4 is 9.44 Å². The van der Waals surface area contributed by atoms with Gasteiger partial charge in [0, 0.05) is 0 Å². The topological polar surface area (TPSA) is 92.3 Å². The van der Waals surface area contributed by atoms with E-state index >= 15 is 0 Å². The van der Waals surface area contributed by atoms with Crippen molar-refractivity contribution in [2.75, 3.05) is 9.44 Å². The lowest BCUT2D eigenvalue weighted by Crippen LogP contribution is -2.15. The molecule has 0 saturated heterocycles. The monoisotopic (exact) mass is 438 g/mol. The third-order valence-electron chi connectivity index (χ3n) is 3.98. The van der Waals surface area contributed by atoms with Crippen molar-refractivity contribution in [3.63, 3.8) is 0 Å². The van der Waals surface area contributed by atoms with E-state index in [1.54, 1.807) is 6.92 Å². The fourth-order valence-corrected chi connectivity index (χ4v) is 4.61. The van der Waals surface area contributed by atoms with E-state index in [4.69, 9.17) is 0 Å². The second kappa shape index (κ2) is 7.80. The van der Waals surface area contributed by atoms with Gasteiger partial charge in [-0.15, -0.1) is 0 Å². The molecular formula is C19H16F2N2O4S2. The Morgan fingerprint density at radius 1 is 0.655 bits per heavy atom. The maximum atomic E-state index is 13.0. The number of aryl methyl sites for hydroxylation is 1. The van der Waals surface area contributed by atoms with Crippen LogP contribution in [-0.2, 0) is 20.0 Å². The molecule has 3 aromatic carbocycles. The zero-order valence-electron chi connectivity index (χ0n) is 15.1. The molecule has 0 unspecified atom stereocenters. The van der Waals surface area contributed by atoms with Crippen molar-refractivity contribution in [2.45, 2.75) is 16.7 Å². The summed E-state index contributed by atoms with van der Waals surface area (Å²) in [5, 5.41) is 0. The number of hydrogen-bond donors (Lipinski definition) is 2. The SMILES string of the molecule is Cc1ccc(NS(=O)(=O)c2ccc(F)cc2)cc1NS(=O)(=O)c1ccc(F)cc1. The maximum Gasteiger partial charge on any atom is 0.261 e. The van der Waals surface area contributed by atoms with Gasteiger partial charge in [0.1, 0.15) is 11.6 Å². The van der Waals surface area contributed by atoms with E-state index in [0.717, 1.165) is 48.5 Å². The minimum atomic E-state index is -4.01. The number of hydrogen-bond acceptors (Lipinski definition) is 4. The van der Waals surface area contributed by atoms with Crippen molar-refractivity contribution >= 4 is 31.4 Å². The predicted molar refractivity (Wildman–Crippen MR) is 106 cm³/mol. The minimum Gasteiger partial charge on any atom is -0.280 e. The lowest BCUT2D eigenvalue weighted by molar-refractivity contribution is 0.598. The molecule has 3 aromatic rings. The van der Waals surface area contributed by atoms with Gasteiger partial charge in [0.2, 0.25) is 0 Å². The smallest absolute Gasteiger partial charge is 0.261 e. The Hall–Kier alpha value is -2.98. The lowest BCUT2D eigenvalue weighted by Gasteiger charge is -2.14. The van der Waals surface area contributed by atoms with Gasteiger partial charge in [-0.2, -0.15) is 0 Å². The van der Waals surface area contributed by atoms with E-state index < -0.39 is 31.7 Å². The maximum absolute atomic E-state index is 13.0. The highest BCUT2D eigenvalue weighted by molar-refractivity contribution is 7.93. The quantitative estimate of drug-likeness (QED) is 0.611. The van der Waals surface area contributed by atoms with Crippen molar-refractivity contribution in [1.82, 2.24) is 0 Å². The number of rotatable bonds is 6. The molecule has 0 fully saturated rings. The van der Waals surface area contributed by atoms with Gasteiger partial charge in [0.05, 0.1) is 21.2 Å². The summed E-state index contributed by atoms with van der Waals surface area (Å²) in [6.07, 6.45) is 0. The molecule has 0 saturated carbocycles. The summed E-state index contributed by atoms with van der Waals surface area (Å²) in [4.78, 5) is -0.288. The Kier molecular flexibility index (Phi) is 5.58. The van der Waals surface area contributed by atoms with Gasteiger partial charge in [0.25, 0.3) is 20.0 Å². The second-order valence-corrected chi connectivity index (χ2v) is 9.51. The molecule has 2 N–H and O–H groups in total.